The van der Waals surface area contributed by atoms with Gasteiger partial charge in [-0.2, -0.15) is 0 Å². The smallest absolute Gasteiger partial charge is 0.183 e. The molecule has 0 spiro atoms. The Kier molecular flexibility index (Phi) is 4.93. The highest BCUT2D eigenvalue weighted by atomic mass is 32.1. The number of hydrogen-bond donors (Lipinski definition) is 2. The van der Waals surface area contributed by atoms with Crippen LogP contribution in [0, 0.1) is 5.92 Å². The molecule has 0 saturated carbocycles. The molecule has 3 nitrogen and oxygen atoms in total. The molecule has 102 valence electrons. The van der Waals surface area contributed by atoms with Crippen LogP contribution in [-0.2, 0) is 0 Å². The first-order valence-corrected chi connectivity index (χ1v) is 7.45. The largest absolute Gasteiger partial charge is 0.394 e. The van der Waals surface area contributed by atoms with Crippen molar-refractivity contribution in [2.75, 3.05) is 11.9 Å². The fraction of sp³-hybridized carbons (Fsp3) is 0.400. The summed E-state index contributed by atoms with van der Waals surface area (Å²) in [5, 5.41) is 15.6. The predicted octanol–water partition coefficient (Wildman–Crippen LogP) is 3.63. The Labute approximate surface area is 118 Å². The van der Waals surface area contributed by atoms with Crippen molar-refractivity contribution < 1.29 is 5.11 Å². The van der Waals surface area contributed by atoms with Crippen LogP contribution in [0.2, 0.25) is 0 Å². The second kappa shape index (κ2) is 6.68. The number of anilines is 1. The van der Waals surface area contributed by atoms with Crippen molar-refractivity contribution in [3.8, 4) is 11.3 Å². The molecule has 0 aliphatic carbocycles. The maximum Gasteiger partial charge on any atom is 0.183 e. The van der Waals surface area contributed by atoms with Gasteiger partial charge in [0.2, 0.25) is 0 Å². The molecule has 0 aliphatic rings. The first-order chi connectivity index (χ1) is 9.19. The van der Waals surface area contributed by atoms with Gasteiger partial charge in [0.15, 0.2) is 5.13 Å². The molecule has 1 aromatic carbocycles. The maximum absolute atomic E-state index is 9.37. The monoisotopic (exact) mass is 276 g/mol. The van der Waals surface area contributed by atoms with E-state index in [1.54, 1.807) is 11.3 Å². The fourth-order valence-corrected chi connectivity index (χ4v) is 2.80. The zero-order chi connectivity index (χ0) is 13.7. The molecule has 2 aromatic rings. The van der Waals surface area contributed by atoms with Gasteiger partial charge in [0, 0.05) is 10.9 Å². The summed E-state index contributed by atoms with van der Waals surface area (Å²) >= 11 is 1.58. The minimum atomic E-state index is 0.0785. The zero-order valence-electron chi connectivity index (χ0n) is 11.3. The molecule has 0 aliphatic heterocycles. The van der Waals surface area contributed by atoms with Crippen molar-refractivity contribution in [3.63, 3.8) is 0 Å². The summed E-state index contributed by atoms with van der Waals surface area (Å²) in [6.45, 7) is 4.45. The van der Waals surface area contributed by atoms with Gasteiger partial charge >= 0.3 is 0 Å². The van der Waals surface area contributed by atoms with Gasteiger partial charge in [-0.1, -0.05) is 44.2 Å². The molecule has 0 amide bonds. The number of hydrogen-bond acceptors (Lipinski definition) is 4. The van der Waals surface area contributed by atoms with E-state index in [1.165, 1.54) is 0 Å². The summed E-state index contributed by atoms with van der Waals surface area (Å²) in [4.78, 5) is 4.57. The van der Waals surface area contributed by atoms with Crippen LogP contribution in [0.4, 0.5) is 5.13 Å². The van der Waals surface area contributed by atoms with Gasteiger partial charge in [-0.15, -0.1) is 11.3 Å². The van der Waals surface area contributed by atoms with Gasteiger partial charge in [0.25, 0.3) is 0 Å². The van der Waals surface area contributed by atoms with Crippen molar-refractivity contribution in [2.45, 2.75) is 26.3 Å². The lowest BCUT2D eigenvalue weighted by Gasteiger charge is -2.17. The van der Waals surface area contributed by atoms with Crippen LogP contribution in [0.25, 0.3) is 11.3 Å². The average molecular weight is 276 g/mol. The van der Waals surface area contributed by atoms with E-state index in [0.29, 0.717) is 5.92 Å². The molecule has 0 saturated heterocycles. The quantitative estimate of drug-likeness (QED) is 0.847. The molecule has 4 heteroatoms. The first kappa shape index (κ1) is 14.0. The van der Waals surface area contributed by atoms with E-state index < -0.39 is 0 Å². The third-order valence-electron chi connectivity index (χ3n) is 2.88. The van der Waals surface area contributed by atoms with Gasteiger partial charge in [0.1, 0.15) is 0 Å². The molecule has 2 N–H and O–H groups in total. The average Bonchev–Trinajstić information content (AvgIpc) is 2.87. The molecular formula is C15H20N2OS. The molecule has 1 unspecified atom stereocenters. The summed E-state index contributed by atoms with van der Waals surface area (Å²) in [5.74, 6) is 0.554. The number of nitrogens with zero attached hydrogens (tertiary/aromatic N) is 1. The van der Waals surface area contributed by atoms with Crippen molar-refractivity contribution in [2.24, 2.45) is 5.92 Å². The zero-order valence-corrected chi connectivity index (χ0v) is 12.2. The van der Waals surface area contributed by atoms with E-state index >= 15 is 0 Å². The molecule has 19 heavy (non-hydrogen) atoms. The Bertz CT molecular complexity index is 496. The number of rotatable bonds is 6. The molecule has 1 heterocycles. The number of aliphatic hydroxyl groups excluding tert-OH is 1. The van der Waals surface area contributed by atoms with Crippen LogP contribution >= 0.6 is 11.3 Å². The maximum atomic E-state index is 9.37. The van der Waals surface area contributed by atoms with Crippen molar-refractivity contribution >= 4 is 16.5 Å². The van der Waals surface area contributed by atoms with Crippen LogP contribution in [-0.4, -0.2) is 22.7 Å². The van der Waals surface area contributed by atoms with Crippen molar-refractivity contribution in [1.82, 2.24) is 4.98 Å². The highest BCUT2D eigenvalue weighted by Gasteiger charge is 2.12. The third kappa shape index (κ3) is 4.04. The molecular weight excluding hydrogens is 256 g/mol. The topological polar surface area (TPSA) is 45.1 Å². The molecule has 1 atom stereocenters. The second-order valence-corrected chi connectivity index (χ2v) is 5.92. The molecule has 1 aromatic heterocycles. The van der Waals surface area contributed by atoms with Crippen molar-refractivity contribution in [1.29, 1.82) is 0 Å². The molecule has 0 fully saturated rings. The first-order valence-electron chi connectivity index (χ1n) is 6.57. The van der Waals surface area contributed by atoms with Gasteiger partial charge in [-0.3, -0.25) is 0 Å². The van der Waals surface area contributed by atoms with Crippen LogP contribution in [0.3, 0.4) is 0 Å². The van der Waals surface area contributed by atoms with Crippen molar-refractivity contribution in [3.05, 3.63) is 35.7 Å². The summed E-state index contributed by atoms with van der Waals surface area (Å²) in [6.07, 6.45) is 0.941. The summed E-state index contributed by atoms with van der Waals surface area (Å²) in [6, 6.07) is 10.2. The third-order valence-corrected chi connectivity index (χ3v) is 3.65. The van der Waals surface area contributed by atoms with Crippen LogP contribution in [0.15, 0.2) is 35.7 Å². The van der Waals surface area contributed by atoms with E-state index in [0.717, 1.165) is 22.8 Å². The fourth-order valence-electron chi connectivity index (χ4n) is 2.00. The number of thiazole rings is 1. The van der Waals surface area contributed by atoms with Gasteiger partial charge < -0.3 is 10.4 Å². The van der Waals surface area contributed by atoms with E-state index in [-0.39, 0.29) is 12.6 Å². The molecule has 0 radical (unpaired) electrons. The van der Waals surface area contributed by atoms with E-state index in [2.05, 4.69) is 36.3 Å². The highest BCUT2D eigenvalue weighted by molar-refractivity contribution is 7.14. The van der Waals surface area contributed by atoms with E-state index in [9.17, 15) is 5.11 Å². The number of aliphatic hydroxyl groups is 1. The van der Waals surface area contributed by atoms with E-state index in [1.807, 2.05) is 23.6 Å². The lowest BCUT2D eigenvalue weighted by molar-refractivity contribution is 0.259. The lowest BCUT2D eigenvalue weighted by atomic mass is 10.0. The van der Waals surface area contributed by atoms with Gasteiger partial charge in [0.05, 0.1) is 18.3 Å². The Morgan fingerprint density at radius 1 is 1.26 bits per heavy atom. The van der Waals surface area contributed by atoms with E-state index in [4.69, 9.17) is 0 Å². The SMILES string of the molecule is CC(C)CC(CO)Nc1nc(-c2ccccc2)cs1. The molecule has 0 bridgehead atoms. The summed E-state index contributed by atoms with van der Waals surface area (Å²) < 4.78 is 0. The molecule has 2 rings (SSSR count). The standard InChI is InChI=1S/C15H20N2OS/c1-11(2)8-13(9-18)16-15-17-14(10-19-15)12-6-4-3-5-7-12/h3-7,10-11,13,18H,8-9H2,1-2H3,(H,16,17). The predicted molar refractivity (Wildman–Crippen MR) is 81.5 cm³/mol. The second-order valence-electron chi connectivity index (χ2n) is 5.06. The Morgan fingerprint density at radius 2 is 2.00 bits per heavy atom. The number of aromatic nitrogens is 1. The van der Waals surface area contributed by atoms with Crippen LogP contribution < -0.4 is 5.32 Å². The summed E-state index contributed by atoms with van der Waals surface area (Å²) in [7, 11) is 0. The number of nitrogens with one attached hydrogen (secondary N) is 1. The Balaban J connectivity index is 2.05. The minimum absolute atomic E-state index is 0.0785. The lowest BCUT2D eigenvalue weighted by Crippen LogP contribution is -2.25. The van der Waals surface area contributed by atoms with Crippen LogP contribution in [0.1, 0.15) is 20.3 Å². The minimum Gasteiger partial charge on any atom is -0.394 e. The van der Waals surface area contributed by atoms with Crippen LogP contribution in [0.5, 0.6) is 0 Å². The number of benzene rings is 1. The Hall–Kier alpha value is -1.39. The Morgan fingerprint density at radius 3 is 2.63 bits per heavy atom. The highest BCUT2D eigenvalue weighted by Crippen LogP contribution is 2.25. The van der Waals surface area contributed by atoms with Gasteiger partial charge in [-0.25, -0.2) is 4.98 Å². The van der Waals surface area contributed by atoms with Gasteiger partial charge in [-0.05, 0) is 12.3 Å². The summed E-state index contributed by atoms with van der Waals surface area (Å²) in [5.41, 5.74) is 2.10. The normalized spacial score (nSPS) is 12.6.